The Kier molecular flexibility index (Phi) is 4.56. The summed E-state index contributed by atoms with van der Waals surface area (Å²) in [5.74, 6) is -0.245. The van der Waals surface area contributed by atoms with E-state index in [9.17, 15) is 9.59 Å². The van der Waals surface area contributed by atoms with Gasteiger partial charge in [0.15, 0.2) is 0 Å². The van der Waals surface area contributed by atoms with Crippen LogP contribution in [0.2, 0.25) is 0 Å². The second kappa shape index (κ2) is 7.02. The molecule has 140 valence electrons. The van der Waals surface area contributed by atoms with Crippen molar-refractivity contribution in [3.05, 3.63) is 58.1 Å². The molecule has 0 saturated heterocycles. The highest BCUT2D eigenvalue weighted by Gasteiger charge is 2.17. The molecule has 6 heteroatoms. The van der Waals surface area contributed by atoms with Crippen LogP contribution >= 0.6 is 0 Å². The van der Waals surface area contributed by atoms with Gasteiger partial charge in [-0.2, -0.15) is 5.10 Å². The number of carbonyl (C=O) groups excluding carboxylic acids is 1. The van der Waals surface area contributed by atoms with Gasteiger partial charge in [0.05, 0.1) is 17.4 Å². The number of nitrogens with zero attached hydrogens (tertiary/aromatic N) is 3. The number of benzene rings is 1. The smallest absolute Gasteiger partial charge is 0.270 e. The zero-order valence-corrected chi connectivity index (χ0v) is 15.7. The number of hydrogen-bond acceptors (Lipinski definition) is 3. The van der Waals surface area contributed by atoms with E-state index in [2.05, 4.69) is 28.8 Å². The van der Waals surface area contributed by atoms with Crippen molar-refractivity contribution in [2.24, 2.45) is 0 Å². The Hall–Kier alpha value is -2.89. The Balaban J connectivity index is 1.57. The van der Waals surface area contributed by atoms with Gasteiger partial charge in [-0.05, 0) is 63.3 Å². The second-order valence-corrected chi connectivity index (χ2v) is 7.42. The number of amides is 1. The van der Waals surface area contributed by atoms with Gasteiger partial charge in [0, 0.05) is 23.2 Å². The Morgan fingerprint density at radius 3 is 2.85 bits per heavy atom. The zero-order chi connectivity index (χ0) is 19.0. The van der Waals surface area contributed by atoms with Gasteiger partial charge in [0.2, 0.25) is 5.91 Å². The summed E-state index contributed by atoms with van der Waals surface area (Å²) in [5, 5.41) is 8.13. The highest BCUT2D eigenvalue weighted by Crippen LogP contribution is 2.26. The minimum Gasteiger partial charge on any atom is -0.345 e. The quantitative estimate of drug-likeness (QED) is 0.772. The van der Waals surface area contributed by atoms with Gasteiger partial charge in [-0.1, -0.05) is 6.07 Å². The van der Waals surface area contributed by atoms with Crippen LogP contribution in [0.25, 0.3) is 10.9 Å². The second-order valence-electron chi connectivity index (χ2n) is 7.42. The van der Waals surface area contributed by atoms with Gasteiger partial charge in [-0.3, -0.25) is 9.59 Å². The van der Waals surface area contributed by atoms with Crippen LogP contribution in [0.15, 0.2) is 41.5 Å². The number of rotatable bonds is 4. The van der Waals surface area contributed by atoms with Gasteiger partial charge < -0.3 is 9.88 Å². The summed E-state index contributed by atoms with van der Waals surface area (Å²) < 4.78 is 3.44. The Bertz CT molecular complexity index is 1060. The molecule has 0 radical (unpaired) electrons. The normalized spacial score (nSPS) is 13.7. The highest BCUT2D eigenvalue weighted by atomic mass is 16.2. The molecule has 0 bridgehead atoms. The predicted octanol–water partition coefficient (Wildman–Crippen LogP) is 3.30. The van der Waals surface area contributed by atoms with Crippen molar-refractivity contribution < 1.29 is 4.79 Å². The van der Waals surface area contributed by atoms with Gasteiger partial charge in [-0.25, -0.2) is 4.68 Å². The lowest BCUT2D eigenvalue weighted by Gasteiger charge is -2.16. The largest absolute Gasteiger partial charge is 0.345 e. The molecule has 0 fully saturated rings. The van der Waals surface area contributed by atoms with Crippen LogP contribution in [0.4, 0.5) is 5.69 Å². The third-order valence-electron chi connectivity index (χ3n) is 5.24. The zero-order valence-electron chi connectivity index (χ0n) is 15.7. The van der Waals surface area contributed by atoms with Gasteiger partial charge >= 0.3 is 0 Å². The molecule has 4 rings (SSSR count). The summed E-state index contributed by atoms with van der Waals surface area (Å²) in [5.41, 5.74) is 3.55. The first-order chi connectivity index (χ1) is 13.0. The van der Waals surface area contributed by atoms with E-state index in [4.69, 9.17) is 0 Å². The predicted molar refractivity (Wildman–Crippen MR) is 106 cm³/mol. The van der Waals surface area contributed by atoms with Crippen LogP contribution in [0.5, 0.6) is 0 Å². The summed E-state index contributed by atoms with van der Waals surface area (Å²) in [7, 11) is 0. The Morgan fingerprint density at radius 2 is 2.04 bits per heavy atom. The highest BCUT2D eigenvalue weighted by molar-refractivity contribution is 6.01. The Labute approximate surface area is 157 Å². The number of aryl methyl sites for hydroxylation is 1. The minimum absolute atomic E-state index is 0.0760. The topological polar surface area (TPSA) is 68.9 Å². The SMILES string of the molecule is CC(C)n1ccc2c(NC(=O)Cn3ncc4c(c3=O)CCCC4)cccc21. The van der Waals surface area contributed by atoms with E-state index in [1.165, 1.54) is 4.68 Å². The lowest BCUT2D eigenvalue weighted by molar-refractivity contribution is -0.117. The van der Waals surface area contributed by atoms with Crippen molar-refractivity contribution in [2.75, 3.05) is 5.32 Å². The molecule has 6 nitrogen and oxygen atoms in total. The van der Waals surface area contributed by atoms with Crippen LogP contribution in [0.3, 0.4) is 0 Å². The van der Waals surface area contributed by atoms with Gasteiger partial charge in [0.25, 0.3) is 5.56 Å². The van der Waals surface area contributed by atoms with Crippen molar-refractivity contribution in [2.45, 2.75) is 52.1 Å². The summed E-state index contributed by atoms with van der Waals surface area (Å²) in [6.07, 6.45) is 7.57. The van der Waals surface area contributed by atoms with E-state index in [0.29, 0.717) is 6.04 Å². The molecule has 1 amide bonds. The summed E-state index contributed by atoms with van der Waals surface area (Å²) >= 11 is 0. The van der Waals surface area contributed by atoms with Crippen molar-refractivity contribution in [3.8, 4) is 0 Å². The number of nitrogens with one attached hydrogen (secondary N) is 1. The molecule has 0 unspecified atom stereocenters. The molecule has 0 atom stereocenters. The molecule has 1 aliphatic rings. The first-order valence-electron chi connectivity index (χ1n) is 9.52. The molecular formula is C21H24N4O2. The molecule has 0 aliphatic heterocycles. The van der Waals surface area contributed by atoms with Gasteiger partial charge in [0.1, 0.15) is 6.54 Å². The third kappa shape index (κ3) is 3.27. The van der Waals surface area contributed by atoms with Crippen molar-refractivity contribution in [1.29, 1.82) is 0 Å². The fourth-order valence-corrected chi connectivity index (χ4v) is 3.85. The maximum atomic E-state index is 12.6. The third-order valence-corrected chi connectivity index (χ3v) is 5.24. The fraction of sp³-hybridized carbons (Fsp3) is 0.381. The fourth-order valence-electron chi connectivity index (χ4n) is 3.85. The lowest BCUT2D eigenvalue weighted by Crippen LogP contribution is -2.33. The number of hydrogen-bond donors (Lipinski definition) is 1. The van der Waals surface area contributed by atoms with Crippen LogP contribution < -0.4 is 10.9 Å². The first kappa shape index (κ1) is 17.5. The minimum atomic E-state index is -0.245. The lowest BCUT2D eigenvalue weighted by atomic mass is 9.94. The van der Waals surface area contributed by atoms with Crippen LogP contribution in [-0.4, -0.2) is 20.3 Å². The van der Waals surface area contributed by atoms with Crippen LogP contribution in [0.1, 0.15) is 43.9 Å². The van der Waals surface area contributed by atoms with E-state index in [1.807, 2.05) is 30.5 Å². The number of carbonyl (C=O) groups is 1. The van der Waals surface area contributed by atoms with E-state index in [1.54, 1.807) is 6.20 Å². The van der Waals surface area contributed by atoms with Crippen molar-refractivity contribution in [3.63, 3.8) is 0 Å². The van der Waals surface area contributed by atoms with Crippen LogP contribution in [-0.2, 0) is 24.2 Å². The van der Waals surface area contributed by atoms with Crippen LogP contribution in [0, 0.1) is 0 Å². The average Bonchev–Trinajstić information content (AvgIpc) is 3.10. The number of fused-ring (bicyclic) bond motifs is 2. The molecule has 1 aromatic carbocycles. The monoisotopic (exact) mass is 364 g/mol. The van der Waals surface area contributed by atoms with Gasteiger partial charge in [-0.15, -0.1) is 0 Å². The van der Waals surface area contributed by atoms with E-state index < -0.39 is 0 Å². The summed E-state index contributed by atoms with van der Waals surface area (Å²) in [6, 6.07) is 8.20. The maximum absolute atomic E-state index is 12.6. The molecule has 1 N–H and O–H groups in total. The van der Waals surface area contributed by atoms with E-state index in [-0.39, 0.29) is 18.0 Å². The maximum Gasteiger partial charge on any atom is 0.270 e. The number of aromatic nitrogens is 3. The molecule has 0 spiro atoms. The molecule has 3 aromatic rings. The molecular weight excluding hydrogens is 340 g/mol. The first-order valence-corrected chi connectivity index (χ1v) is 9.52. The molecule has 2 heterocycles. The standard InChI is InChI=1S/C21H24N4O2/c1-14(2)24-11-10-17-18(8-5-9-19(17)24)23-20(26)13-25-21(27)16-7-4-3-6-15(16)12-22-25/h5,8-12,14H,3-4,6-7,13H2,1-2H3,(H,23,26). The van der Waals surface area contributed by atoms with E-state index >= 15 is 0 Å². The molecule has 1 aliphatic carbocycles. The average molecular weight is 364 g/mol. The summed E-state index contributed by atoms with van der Waals surface area (Å²) in [6.45, 7) is 4.17. The van der Waals surface area contributed by atoms with E-state index in [0.717, 1.165) is 53.4 Å². The molecule has 27 heavy (non-hydrogen) atoms. The Morgan fingerprint density at radius 1 is 1.22 bits per heavy atom. The number of anilines is 1. The molecule has 2 aromatic heterocycles. The summed E-state index contributed by atoms with van der Waals surface area (Å²) in [4.78, 5) is 25.2. The van der Waals surface area contributed by atoms with Crippen molar-refractivity contribution in [1.82, 2.24) is 14.3 Å². The van der Waals surface area contributed by atoms with Crippen molar-refractivity contribution >= 4 is 22.5 Å². The molecule has 0 saturated carbocycles.